The summed E-state index contributed by atoms with van der Waals surface area (Å²) >= 11 is 0. The third-order valence-corrected chi connectivity index (χ3v) is 4.31. The van der Waals surface area contributed by atoms with Crippen LogP contribution in [0, 0.1) is 0 Å². The normalized spacial score (nSPS) is 12.1. The minimum absolute atomic E-state index is 0.613. The molecular formula is C22H30FNO. The molecule has 1 unspecified atom stereocenters. The molecule has 1 aromatic carbocycles. The van der Waals surface area contributed by atoms with Crippen molar-refractivity contribution in [2.45, 2.75) is 65.0 Å². The Bertz CT molecular complexity index is 592. The summed E-state index contributed by atoms with van der Waals surface area (Å²) in [6, 6.07) is 12.2. The monoisotopic (exact) mass is 343 g/mol. The Labute approximate surface area is 151 Å². The van der Waals surface area contributed by atoms with E-state index in [1.54, 1.807) is 6.92 Å². The molecule has 1 atom stereocenters. The second kappa shape index (κ2) is 10.9. The summed E-state index contributed by atoms with van der Waals surface area (Å²) in [4.78, 5) is 4.54. The second-order valence-corrected chi connectivity index (χ2v) is 6.66. The maximum absolute atomic E-state index is 12.8. The molecule has 136 valence electrons. The highest BCUT2D eigenvalue weighted by molar-refractivity contribution is 5.60. The highest BCUT2D eigenvalue weighted by Crippen LogP contribution is 2.21. The Hall–Kier alpha value is -1.90. The molecule has 0 amide bonds. The largest absolute Gasteiger partial charge is 0.494 e. The minimum Gasteiger partial charge on any atom is -0.494 e. The maximum Gasteiger partial charge on any atom is 0.119 e. The van der Waals surface area contributed by atoms with E-state index in [1.807, 2.05) is 36.5 Å². The summed E-state index contributed by atoms with van der Waals surface area (Å²) < 4.78 is 18.6. The van der Waals surface area contributed by atoms with Crippen molar-refractivity contribution < 1.29 is 9.13 Å². The van der Waals surface area contributed by atoms with E-state index in [4.69, 9.17) is 4.74 Å². The lowest BCUT2D eigenvalue weighted by Crippen LogP contribution is -1.97. The molecule has 0 aliphatic carbocycles. The lowest BCUT2D eigenvalue weighted by atomic mass is 10.1. The fourth-order valence-corrected chi connectivity index (χ4v) is 2.77. The molecule has 2 aromatic rings. The molecule has 0 N–H and O–H groups in total. The minimum atomic E-state index is -0.723. The molecule has 0 saturated carbocycles. The Kier molecular flexibility index (Phi) is 8.44. The van der Waals surface area contributed by atoms with Gasteiger partial charge in [-0.2, -0.15) is 0 Å². The number of alkyl halides is 1. The highest BCUT2D eigenvalue weighted by atomic mass is 19.1. The van der Waals surface area contributed by atoms with Gasteiger partial charge in [0.2, 0.25) is 0 Å². The van der Waals surface area contributed by atoms with Gasteiger partial charge in [-0.3, -0.25) is 4.98 Å². The molecule has 0 aliphatic rings. The smallest absolute Gasteiger partial charge is 0.119 e. The van der Waals surface area contributed by atoms with E-state index in [-0.39, 0.29) is 0 Å². The van der Waals surface area contributed by atoms with E-state index in [2.05, 4.69) is 18.0 Å². The lowest BCUT2D eigenvalue weighted by molar-refractivity contribution is 0.305. The van der Waals surface area contributed by atoms with Crippen LogP contribution in [0.15, 0.2) is 42.6 Å². The molecule has 0 radical (unpaired) electrons. The fourth-order valence-electron chi connectivity index (χ4n) is 2.77. The first-order valence-electron chi connectivity index (χ1n) is 9.51. The van der Waals surface area contributed by atoms with Crippen molar-refractivity contribution in [2.75, 3.05) is 6.61 Å². The maximum atomic E-state index is 12.8. The Morgan fingerprint density at radius 3 is 2.44 bits per heavy atom. The zero-order chi connectivity index (χ0) is 17.9. The second-order valence-electron chi connectivity index (χ2n) is 6.66. The summed E-state index contributed by atoms with van der Waals surface area (Å²) in [5.74, 6) is 0.914. The first kappa shape index (κ1) is 19.4. The van der Waals surface area contributed by atoms with Crippen LogP contribution >= 0.6 is 0 Å². The van der Waals surface area contributed by atoms with Crippen LogP contribution in [0.5, 0.6) is 5.75 Å². The molecule has 0 bridgehead atoms. The molecule has 1 heterocycles. The predicted molar refractivity (Wildman–Crippen MR) is 103 cm³/mol. The molecule has 1 aromatic heterocycles. The van der Waals surface area contributed by atoms with Crippen LogP contribution in [0.3, 0.4) is 0 Å². The zero-order valence-corrected chi connectivity index (χ0v) is 15.5. The zero-order valence-electron chi connectivity index (χ0n) is 15.5. The first-order valence-corrected chi connectivity index (χ1v) is 9.51. The molecule has 0 spiro atoms. The van der Waals surface area contributed by atoms with Crippen LogP contribution in [0.2, 0.25) is 0 Å². The summed E-state index contributed by atoms with van der Waals surface area (Å²) in [5, 5.41) is 0. The number of aryl methyl sites for hydroxylation is 1. The van der Waals surface area contributed by atoms with Gasteiger partial charge in [0.15, 0.2) is 0 Å². The first-order chi connectivity index (χ1) is 12.2. The molecular weight excluding hydrogens is 313 g/mol. The Morgan fingerprint density at radius 1 is 1.00 bits per heavy atom. The van der Waals surface area contributed by atoms with Crippen LogP contribution < -0.4 is 4.74 Å². The summed E-state index contributed by atoms with van der Waals surface area (Å²) in [5.41, 5.74) is 3.20. The van der Waals surface area contributed by atoms with E-state index >= 15 is 0 Å². The van der Waals surface area contributed by atoms with Crippen molar-refractivity contribution in [3.8, 4) is 17.0 Å². The van der Waals surface area contributed by atoms with Gasteiger partial charge >= 0.3 is 0 Å². The van der Waals surface area contributed by atoms with Gasteiger partial charge in [0, 0.05) is 11.8 Å². The number of aromatic nitrogens is 1. The number of hydrogen-bond acceptors (Lipinski definition) is 2. The van der Waals surface area contributed by atoms with Crippen molar-refractivity contribution >= 4 is 0 Å². The summed E-state index contributed by atoms with van der Waals surface area (Å²) in [6.07, 6.45) is 8.40. The molecule has 2 rings (SSSR count). The number of halogens is 1. The van der Waals surface area contributed by atoms with Gasteiger partial charge < -0.3 is 4.74 Å². The van der Waals surface area contributed by atoms with E-state index in [9.17, 15) is 4.39 Å². The van der Waals surface area contributed by atoms with E-state index < -0.39 is 6.17 Å². The highest BCUT2D eigenvalue weighted by Gasteiger charge is 2.03. The molecule has 25 heavy (non-hydrogen) atoms. The van der Waals surface area contributed by atoms with Crippen LogP contribution in [0.4, 0.5) is 4.39 Å². The van der Waals surface area contributed by atoms with Crippen molar-refractivity contribution in [1.29, 1.82) is 0 Å². The van der Waals surface area contributed by atoms with Gasteiger partial charge in [0.25, 0.3) is 0 Å². The number of nitrogens with zero attached hydrogens (tertiary/aromatic N) is 1. The number of pyridine rings is 1. The topological polar surface area (TPSA) is 22.1 Å². The number of unbranched alkanes of at least 4 members (excludes halogenated alkanes) is 3. The number of hydrogen-bond donors (Lipinski definition) is 0. The SMILES string of the molecule is CCCCCCOc1ccc(-c2ccc(CCCC(C)F)cn2)cc1. The van der Waals surface area contributed by atoms with Gasteiger partial charge in [-0.05, 0) is 68.5 Å². The third-order valence-electron chi connectivity index (χ3n) is 4.31. The lowest BCUT2D eigenvalue weighted by Gasteiger charge is -2.08. The Morgan fingerprint density at radius 2 is 1.80 bits per heavy atom. The molecule has 3 heteroatoms. The van der Waals surface area contributed by atoms with Crippen molar-refractivity contribution in [1.82, 2.24) is 4.98 Å². The average molecular weight is 343 g/mol. The van der Waals surface area contributed by atoms with Crippen molar-refractivity contribution in [3.63, 3.8) is 0 Å². The quantitative estimate of drug-likeness (QED) is 0.441. The van der Waals surface area contributed by atoms with Crippen molar-refractivity contribution in [3.05, 3.63) is 48.2 Å². The summed E-state index contributed by atoms with van der Waals surface area (Å²) in [6.45, 7) is 4.61. The summed E-state index contributed by atoms with van der Waals surface area (Å²) in [7, 11) is 0. The average Bonchev–Trinajstić information content (AvgIpc) is 2.62. The number of ether oxygens (including phenoxy) is 1. The van der Waals surface area contributed by atoms with Gasteiger partial charge in [0.05, 0.1) is 18.5 Å². The molecule has 0 aliphatic heterocycles. The van der Waals surface area contributed by atoms with E-state index in [1.165, 1.54) is 19.3 Å². The predicted octanol–water partition coefficient (Wildman–Crippen LogP) is 6.39. The Balaban J connectivity index is 1.82. The van der Waals surface area contributed by atoms with Gasteiger partial charge in [0.1, 0.15) is 5.75 Å². The number of rotatable bonds is 11. The van der Waals surface area contributed by atoms with Gasteiger partial charge in [-0.25, -0.2) is 4.39 Å². The van der Waals surface area contributed by atoms with Gasteiger partial charge in [-0.1, -0.05) is 32.3 Å². The van der Waals surface area contributed by atoms with Crippen LogP contribution in [0.1, 0.15) is 57.9 Å². The van der Waals surface area contributed by atoms with Crippen LogP contribution in [-0.4, -0.2) is 17.8 Å². The van der Waals surface area contributed by atoms with Crippen molar-refractivity contribution in [2.24, 2.45) is 0 Å². The van der Waals surface area contributed by atoms with Crippen LogP contribution in [-0.2, 0) is 6.42 Å². The third kappa shape index (κ3) is 7.25. The van der Waals surface area contributed by atoms with E-state index in [0.717, 1.165) is 48.4 Å². The number of benzene rings is 1. The van der Waals surface area contributed by atoms with Crippen LogP contribution in [0.25, 0.3) is 11.3 Å². The van der Waals surface area contributed by atoms with E-state index in [0.29, 0.717) is 6.42 Å². The molecule has 0 saturated heterocycles. The fraction of sp³-hybridized carbons (Fsp3) is 0.500. The van der Waals surface area contributed by atoms with Gasteiger partial charge in [-0.15, -0.1) is 0 Å². The molecule has 0 fully saturated rings. The molecule has 2 nitrogen and oxygen atoms in total. The standard InChI is InChI=1S/C22H30FNO/c1-3-4-5-6-16-25-21-13-11-20(12-14-21)22-15-10-19(17-24-22)9-7-8-18(2)23/h10-15,17-18H,3-9,16H2,1-2H3.